The van der Waals surface area contributed by atoms with E-state index in [0.717, 1.165) is 24.8 Å². The highest BCUT2D eigenvalue weighted by Crippen LogP contribution is 2.24. The molecule has 9 nitrogen and oxygen atoms in total. The molecule has 0 unspecified atom stereocenters. The van der Waals surface area contributed by atoms with Crippen molar-refractivity contribution in [2.45, 2.75) is 0 Å². The highest BCUT2D eigenvalue weighted by Gasteiger charge is 2.22. The summed E-state index contributed by atoms with van der Waals surface area (Å²) < 4.78 is 10.2. The molecule has 0 bridgehead atoms. The predicted octanol–water partition coefficient (Wildman–Crippen LogP) is 2.88. The molecule has 1 heterocycles. The number of nitrogens with one attached hydrogen (secondary N) is 1. The van der Waals surface area contributed by atoms with Crippen molar-refractivity contribution in [2.75, 3.05) is 43.1 Å². The van der Waals surface area contributed by atoms with E-state index in [1.54, 1.807) is 12.1 Å². The molecule has 2 aromatic carbocycles. The van der Waals surface area contributed by atoms with Crippen LogP contribution in [0.15, 0.2) is 42.5 Å². The molecule has 10 heteroatoms. The van der Waals surface area contributed by atoms with E-state index in [0.29, 0.717) is 18.9 Å². The summed E-state index contributed by atoms with van der Waals surface area (Å²) in [6.07, 6.45) is 0. The standard InChI is InChI=1S/C19H18ClN3O6/c20-13-1-6-16(17(11-13)23(26)27)19(25)29-12-18(24)21-14-2-4-15(5-3-14)22-7-9-28-10-8-22/h1-6,11H,7-10,12H2,(H,21,24). The monoisotopic (exact) mass is 419 g/mol. The maximum Gasteiger partial charge on any atom is 0.345 e. The fourth-order valence-electron chi connectivity index (χ4n) is 2.81. The third-order valence-corrected chi connectivity index (χ3v) is 4.47. The number of hydrogen-bond acceptors (Lipinski definition) is 7. The SMILES string of the molecule is O=C(COC(=O)c1ccc(Cl)cc1[N+](=O)[O-])Nc1ccc(N2CCOCC2)cc1. The molecule has 0 spiro atoms. The summed E-state index contributed by atoms with van der Waals surface area (Å²) in [4.78, 5) is 36.6. The van der Waals surface area contributed by atoms with E-state index in [2.05, 4.69) is 10.2 Å². The summed E-state index contributed by atoms with van der Waals surface area (Å²) in [7, 11) is 0. The van der Waals surface area contributed by atoms with E-state index in [-0.39, 0.29) is 10.6 Å². The van der Waals surface area contributed by atoms with Crippen LogP contribution in [-0.2, 0) is 14.3 Å². The quantitative estimate of drug-likeness (QED) is 0.435. The number of carbonyl (C=O) groups is 2. The highest BCUT2D eigenvalue weighted by atomic mass is 35.5. The van der Waals surface area contributed by atoms with Gasteiger partial charge in [0.05, 0.1) is 18.1 Å². The van der Waals surface area contributed by atoms with Crippen molar-refractivity contribution < 1.29 is 24.0 Å². The number of nitro groups is 1. The van der Waals surface area contributed by atoms with Gasteiger partial charge in [0.15, 0.2) is 6.61 Å². The van der Waals surface area contributed by atoms with Crippen molar-refractivity contribution in [3.8, 4) is 0 Å². The number of amides is 1. The molecule has 1 aliphatic heterocycles. The van der Waals surface area contributed by atoms with Gasteiger partial charge >= 0.3 is 5.97 Å². The molecule has 0 aromatic heterocycles. The zero-order chi connectivity index (χ0) is 20.8. The summed E-state index contributed by atoms with van der Waals surface area (Å²) in [5.41, 5.74) is 0.803. The Bertz CT molecular complexity index is 913. The Labute approximate surface area is 171 Å². The molecule has 0 aliphatic carbocycles. The Morgan fingerprint density at radius 1 is 1.17 bits per heavy atom. The summed E-state index contributed by atoms with van der Waals surface area (Å²) in [6, 6.07) is 10.8. The first kappa shape index (κ1) is 20.6. The summed E-state index contributed by atoms with van der Waals surface area (Å²) in [6.45, 7) is 2.38. The lowest BCUT2D eigenvalue weighted by atomic mass is 10.2. The number of ether oxygens (including phenoxy) is 2. The average Bonchev–Trinajstić information content (AvgIpc) is 2.73. The molecule has 1 N–H and O–H groups in total. The van der Waals surface area contributed by atoms with Crippen molar-refractivity contribution in [1.82, 2.24) is 0 Å². The summed E-state index contributed by atoms with van der Waals surface area (Å²) in [5, 5.41) is 13.8. The number of nitro benzene ring substituents is 1. The Morgan fingerprint density at radius 3 is 2.52 bits per heavy atom. The molecule has 29 heavy (non-hydrogen) atoms. The fourth-order valence-corrected chi connectivity index (χ4v) is 2.98. The zero-order valence-corrected chi connectivity index (χ0v) is 16.1. The normalized spacial score (nSPS) is 13.6. The topological polar surface area (TPSA) is 111 Å². The molecule has 2 aromatic rings. The molecule has 0 radical (unpaired) electrons. The minimum atomic E-state index is -0.980. The van der Waals surface area contributed by atoms with E-state index in [1.165, 1.54) is 12.1 Å². The van der Waals surface area contributed by atoms with Crippen molar-refractivity contribution in [3.63, 3.8) is 0 Å². The van der Waals surface area contributed by atoms with Crippen LogP contribution in [-0.4, -0.2) is 49.7 Å². The summed E-state index contributed by atoms with van der Waals surface area (Å²) >= 11 is 5.71. The van der Waals surface area contributed by atoms with Gasteiger partial charge in [-0.05, 0) is 36.4 Å². The molecular weight excluding hydrogens is 402 g/mol. The molecule has 1 saturated heterocycles. The third-order valence-electron chi connectivity index (χ3n) is 4.24. The predicted molar refractivity (Wildman–Crippen MR) is 106 cm³/mol. The van der Waals surface area contributed by atoms with E-state index < -0.39 is 29.1 Å². The van der Waals surface area contributed by atoms with Gasteiger partial charge in [0.25, 0.3) is 11.6 Å². The van der Waals surface area contributed by atoms with Crippen LogP contribution in [0.5, 0.6) is 0 Å². The second-order valence-electron chi connectivity index (χ2n) is 6.19. The molecular formula is C19H18ClN3O6. The van der Waals surface area contributed by atoms with Crippen molar-refractivity contribution in [3.05, 3.63) is 63.2 Å². The van der Waals surface area contributed by atoms with E-state index in [9.17, 15) is 19.7 Å². The van der Waals surface area contributed by atoms with E-state index >= 15 is 0 Å². The van der Waals surface area contributed by atoms with Crippen LogP contribution in [0.25, 0.3) is 0 Å². The van der Waals surface area contributed by atoms with Crippen LogP contribution in [0.1, 0.15) is 10.4 Å². The lowest BCUT2D eigenvalue weighted by molar-refractivity contribution is -0.385. The number of benzene rings is 2. The van der Waals surface area contributed by atoms with Crippen LogP contribution in [0.4, 0.5) is 17.1 Å². The number of hydrogen-bond donors (Lipinski definition) is 1. The number of halogens is 1. The van der Waals surface area contributed by atoms with Crippen LogP contribution in [0.3, 0.4) is 0 Å². The zero-order valence-electron chi connectivity index (χ0n) is 15.3. The molecule has 0 saturated carbocycles. The Hall–Kier alpha value is -3.17. The number of rotatable bonds is 6. The van der Waals surface area contributed by atoms with Gasteiger partial charge in [-0.15, -0.1) is 0 Å². The first-order chi connectivity index (χ1) is 13.9. The molecule has 1 amide bonds. The van der Waals surface area contributed by atoms with E-state index in [1.807, 2.05) is 12.1 Å². The second kappa shape index (κ2) is 9.35. The van der Waals surface area contributed by atoms with Crippen molar-refractivity contribution >= 4 is 40.5 Å². The smallest absolute Gasteiger partial charge is 0.345 e. The fraction of sp³-hybridized carbons (Fsp3) is 0.263. The second-order valence-corrected chi connectivity index (χ2v) is 6.63. The highest BCUT2D eigenvalue weighted by molar-refractivity contribution is 6.31. The van der Waals surface area contributed by atoms with Gasteiger partial charge in [-0.1, -0.05) is 11.6 Å². The number of nitrogens with zero attached hydrogens (tertiary/aromatic N) is 2. The Kier molecular flexibility index (Phi) is 6.63. The lowest BCUT2D eigenvalue weighted by Crippen LogP contribution is -2.36. The van der Waals surface area contributed by atoms with E-state index in [4.69, 9.17) is 21.1 Å². The first-order valence-electron chi connectivity index (χ1n) is 8.78. The van der Waals surface area contributed by atoms with Gasteiger partial charge in [0.1, 0.15) is 5.56 Å². The van der Waals surface area contributed by atoms with Crippen LogP contribution in [0.2, 0.25) is 5.02 Å². The average molecular weight is 420 g/mol. The van der Waals surface area contributed by atoms with Crippen LogP contribution >= 0.6 is 11.6 Å². The van der Waals surface area contributed by atoms with Crippen LogP contribution < -0.4 is 10.2 Å². The van der Waals surface area contributed by atoms with Crippen molar-refractivity contribution in [1.29, 1.82) is 0 Å². The van der Waals surface area contributed by atoms with Gasteiger partial charge in [-0.25, -0.2) is 4.79 Å². The molecule has 152 valence electrons. The van der Waals surface area contributed by atoms with Gasteiger partial charge < -0.3 is 19.7 Å². The maximum absolute atomic E-state index is 12.1. The lowest BCUT2D eigenvalue weighted by Gasteiger charge is -2.28. The molecule has 1 aliphatic rings. The van der Waals surface area contributed by atoms with Gasteiger partial charge in [-0.2, -0.15) is 0 Å². The van der Waals surface area contributed by atoms with Crippen LogP contribution in [0, 0.1) is 10.1 Å². The number of esters is 1. The van der Waals surface area contributed by atoms with Gasteiger partial charge in [0.2, 0.25) is 0 Å². The number of carbonyl (C=O) groups excluding carboxylic acids is 2. The number of morpholine rings is 1. The minimum absolute atomic E-state index is 0.117. The minimum Gasteiger partial charge on any atom is -0.452 e. The number of anilines is 2. The summed E-state index contributed by atoms with van der Waals surface area (Å²) in [5.74, 6) is -1.54. The maximum atomic E-state index is 12.1. The van der Waals surface area contributed by atoms with Gasteiger partial charge in [0, 0.05) is 35.6 Å². The largest absolute Gasteiger partial charge is 0.452 e. The Balaban J connectivity index is 1.54. The third kappa shape index (κ3) is 5.43. The first-order valence-corrected chi connectivity index (χ1v) is 9.15. The van der Waals surface area contributed by atoms with Crippen molar-refractivity contribution in [2.24, 2.45) is 0 Å². The van der Waals surface area contributed by atoms with Gasteiger partial charge in [-0.3, -0.25) is 14.9 Å². The molecule has 3 rings (SSSR count). The molecule has 0 atom stereocenters. The molecule has 1 fully saturated rings. The Morgan fingerprint density at radius 2 is 1.86 bits per heavy atom.